The van der Waals surface area contributed by atoms with Crippen molar-refractivity contribution in [2.24, 2.45) is 0 Å². The summed E-state index contributed by atoms with van der Waals surface area (Å²) in [4.78, 5) is 4.19. The van der Waals surface area contributed by atoms with Crippen molar-refractivity contribution in [2.45, 2.75) is 44.4 Å². The van der Waals surface area contributed by atoms with Crippen molar-refractivity contribution in [2.75, 3.05) is 0 Å². The van der Waals surface area contributed by atoms with Crippen LogP contribution >= 0.6 is 0 Å². The van der Waals surface area contributed by atoms with Crippen molar-refractivity contribution in [3.63, 3.8) is 0 Å². The molecule has 1 heterocycles. The van der Waals surface area contributed by atoms with Gasteiger partial charge in [-0.25, -0.2) is 0 Å². The highest BCUT2D eigenvalue weighted by molar-refractivity contribution is 7.85. The Morgan fingerprint density at radius 3 is 2.25 bits per heavy atom. The number of aromatic nitrogens is 1. The lowest BCUT2D eigenvalue weighted by atomic mass is 9.91. The second kappa shape index (κ2) is 4.14. The van der Waals surface area contributed by atoms with Gasteiger partial charge in [-0.3, -0.25) is 9.54 Å². The third-order valence-electron chi connectivity index (χ3n) is 2.27. The van der Waals surface area contributed by atoms with Crippen LogP contribution in [0, 0.1) is 0 Å². The molecule has 1 aromatic heterocycles. The summed E-state index contributed by atoms with van der Waals surface area (Å²) < 4.78 is 31.6. The van der Waals surface area contributed by atoms with Gasteiger partial charge in [-0.1, -0.05) is 27.7 Å². The van der Waals surface area contributed by atoms with Gasteiger partial charge in [0.15, 0.2) is 0 Å². The van der Waals surface area contributed by atoms with Crippen LogP contribution in [0.3, 0.4) is 0 Å². The summed E-state index contributed by atoms with van der Waals surface area (Å²) in [5.41, 5.74) is 0.808. The van der Waals surface area contributed by atoms with E-state index in [0.717, 1.165) is 12.1 Å². The summed E-state index contributed by atoms with van der Waals surface area (Å²) in [5, 5.41) is 0. The largest absolute Gasteiger partial charge is 0.296 e. The molecule has 1 N–H and O–H groups in total. The maximum absolute atomic E-state index is 11.2. The normalized spacial score (nSPS) is 12.8. The van der Waals surface area contributed by atoms with Gasteiger partial charge in [0.2, 0.25) is 0 Å². The Morgan fingerprint density at radius 1 is 1.31 bits per heavy atom. The SMILES string of the molecule is CCc1ccc(S(=O)(=O)O)c(C(C)(C)C)n1. The van der Waals surface area contributed by atoms with Gasteiger partial charge in [-0.2, -0.15) is 8.42 Å². The minimum atomic E-state index is -4.20. The molecule has 0 aromatic carbocycles. The predicted molar refractivity (Wildman–Crippen MR) is 62.1 cm³/mol. The predicted octanol–water partition coefficient (Wildman–Crippen LogP) is 2.19. The number of hydrogen-bond acceptors (Lipinski definition) is 3. The molecule has 0 saturated carbocycles. The van der Waals surface area contributed by atoms with E-state index in [1.807, 2.05) is 27.7 Å². The number of nitrogens with zero attached hydrogens (tertiary/aromatic N) is 1. The molecule has 0 aliphatic heterocycles. The van der Waals surface area contributed by atoms with E-state index in [-0.39, 0.29) is 4.90 Å². The number of aryl methyl sites for hydroxylation is 1. The Bertz CT molecular complexity index is 486. The fraction of sp³-hybridized carbons (Fsp3) is 0.545. The average Bonchev–Trinajstić information content (AvgIpc) is 2.14. The molecule has 90 valence electrons. The van der Waals surface area contributed by atoms with Gasteiger partial charge in [0, 0.05) is 11.1 Å². The first kappa shape index (κ1) is 13.1. The first-order valence-corrected chi connectivity index (χ1v) is 6.58. The lowest BCUT2D eigenvalue weighted by molar-refractivity contribution is 0.472. The third kappa shape index (κ3) is 2.80. The van der Waals surface area contributed by atoms with Gasteiger partial charge in [-0.15, -0.1) is 0 Å². The molecule has 0 spiro atoms. The first-order chi connectivity index (χ1) is 7.16. The lowest BCUT2D eigenvalue weighted by Crippen LogP contribution is -2.19. The van der Waals surface area contributed by atoms with Crippen molar-refractivity contribution in [1.82, 2.24) is 4.98 Å². The molecular formula is C11H17NO3S. The Labute approximate surface area is 96.5 Å². The van der Waals surface area contributed by atoms with E-state index in [4.69, 9.17) is 4.55 Å². The van der Waals surface area contributed by atoms with E-state index < -0.39 is 15.5 Å². The molecule has 1 rings (SSSR count). The molecule has 0 saturated heterocycles. The van der Waals surface area contributed by atoms with E-state index in [9.17, 15) is 8.42 Å². The minimum Gasteiger partial charge on any atom is -0.282 e. The highest BCUT2D eigenvalue weighted by Crippen LogP contribution is 2.27. The third-order valence-corrected chi connectivity index (χ3v) is 3.15. The molecule has 16 heavy (non-hydrogen) atoms. The minimum absolute atomic E-state index is 0.0998. The van der Waals surface area contributed by atoms with Crippen LogP contribution in [-0.4, -0.2) is 18.0 Å². The molecule has 0 radical (unpaired) electrons. The molecule has 5 heteroatoms. The van der Waals surface area contributed by atoms with Crippen LogP contribution in [0.4, 0.5) is 0 Å². The van der Waals surface area contributed by atoms with Gasteiger partial charge in [-0.05, 0) is 18.6 Å². The topological polar surface area (TPSA) is 67.3 Å². The van der Waals surface area contributed by atoms with Crippen LogP contribution in [-0.2, 0) is 22.0 Å². The summed E-state index contributed by atoms with van der Waals surface area (Å²) in [5.74, 6) is 0. The fourth-order valence-electron chi connectivity index (χ4n) is 1.43. The van der Waals surface area contributed by atoms with E-state index in [1.165, 1.54) is 6.07 Å². The highest BCUT2D eigenvalue weighted by atomic mass is 32.2. The zero-order chi connectivity index (χ0) is 12.6. The Kier molecular flexibility index (Phi) is 3.40. The highest BCUT2D eigenvalue weighted by Gasteiger charge is 2.26. The second-order valence-electron chi connectivity index (χ2n) is 4.73. The van der Waals surface area contributed by atoms with Crippen molar-refractivity contribution >= 4 is 10.1 Å². The summed E-state index contributed by atoms with van der Waals surface area (Å²) in [7, 11) is -4.20. The molecule has 0 aliphatic carbocycles. The van der Waals surface area contributed by atoms with Crippen molar-refractivity contribution in [3.8, 4) is 0 Å². The molecule has 0 amide bonds. The molecule has 0 bridgehead atoms. The summed E-state index contributed by atoms with van der Waals surface area (Å²) >= 11 is 0. The van der Waals surface area contributed by atoms with Crippen LogP contribution in [0.2, 0.25) is 0 Å². The Hall–Kier alpha value is -0.940. The quantitative estimate of drug-likeness (QED) is 0.808. The number of pyridine rings is 1. The van der Waals surface area contributed by atoms with E-state index in [0.29, 0.717) is 5.69 Å². The monoisotopic (exact) mass is 243 g/mol. The molecule has 0 unspecified atom stereocenters. The van der Waals surface area contributed by atoms with Crippen LogP contribution < -0.4 is 0 Å². The summed E-state index contributed by atoms with van der Waals surface area (Å²) in [6.45, 7) is 7.54. The lowest BCUT2D eigenvalue weighted by Gasteiger charge is -2.20. The van der Waals surface area contributed by atoms with Crippen LogP contribution in [0.15, 0.2) is 17.0 Å². The zero-order valence-electron chi connectivity index (χ0n) is 9.98. The maximum Gasteiger partial charge on any atom is 0.296 e. The van der Waals surface area contributed by atoms with Gasteiger partial charge in [0.05, 0.1) is 5.69 Å². The fourth-order valence-corrected chi connectivity index (χ4v) is 2.27. The molecule has 1 aromatic rings. The van der Waals surface area contributed by atoms with Gasteiger partial charge < -0.3 is 0 Å². The smallest absolute Gasteiger partial charge is 0.282 e. The second-order valence-corrected chi connectivity index (χ2v) is 6.12. The van der Waals surface area contributed by atoms with Crippen molar-refractivity contribution in [3.05, 3.63) is 23.5 Å². The van der Waals surface area contributed by atoms with Gasteiger partial charge >= 0.3 is 0 Å². The average molecular weight is 243 g/mol. The first-order valence-electron chi connectivity index (χ1n) is 5.14. The van der Waals surface area contributed by atoms with Crippen molar-refractivity contribution < 1.29 is 13.0 Å². The molecular weight excluding hydrogens is 226 g/mol. The number of hydrogen-bond donors (Lipinski definition) is 1. The van der Waals surface area contributed by atoms with Crippen molar-refractivity contribution in [1.29, 1.82) is 0 Å². The van der Waals surface area contributed by atoms with Crippen LogP contribution in [0.5, 0.6) is 0 Å². The summed E-state index contributed by atoms with van der Waals surface area (Å²) in [6, 6.07) is 3.04. The maximum atomic E-state index is 11.2. The van der Waals surface area contributed by atoms with Crippen LogP contribution in [0.25, 0.3) is 0 Å². The van der Waals surface area contributed by atoms with E-state index in [2.05, 4.69) is 4.98 Å². The van der Waals surface area contributed by atoms with Gasteiger partial charge in [0.25, 0.3) is 10.1 Å². The van der Waals surface area contributed by atoms with Crippen LogP contribution in [0.1, 0.15) is 39.1 Å². The summed E-state index contributed by atoms with van der Waals surface area (Å²) in [6.07, 6.45) is 0.731. The molecule has 4 nitrogen and oxygen atoms in total. The molecule has 0 aliphatic rings. The number of rotatable bonds is 2. The van der Waals surface area contributed by atoms with E-state index in [1.54, 1.807) is 6.07 Å². The standard InChI is InChI=1S/C11H17NO3S/c1-5-8-6-7-9(16(13,14)15)10(12-8)11(2,3)4/h6-7H,5H2,1-4H3,(H,13,14,15). The molecule has 0 fully saturated rings. The van der Waals surface area contributed by atoms with Gasteiger partial charge in [0.1, 0.15) is 4.90 Å². The zero-order valence-corrected chi connectivity index (χ0v) is 10.8. The van der Waals surface area contributed by atoms with E-state index >= 15 is 0 Å². The Morgan fingerprint density at radius 2 is 1.88 bits per heavy atom. The molecule has 0 atom stereocenters. The Balaban J connectivity index is 3.52.